The SMILES string of the molecule is COc1ccc(C(=O)N2CC=C(c3ccccc3)CC2)cc1. The number of hydrogen-bond acceptors (Lipinski definition) is 2. The van der Waals surface area contributed by atoms with Crippen LogP contribution in [0.15, 0.2) is 60.7 Å². The van der Waals surface area contributed by atoms with Gasteiger partial charge >= 0.3 is 0 Å². The number of rotatable bonds is 3. The van der Waals surface area contributed by atoms with Crippen molar-refractivity contribution in [3.8, 4) is 5.75 Å². The molecule has 0 radical (unpaired) electrons. The fourth-order valence-corrected chi connectivity index (χ4v) is 2.68. The van der Waals surface area contributed by atoms with Gasteiger partial charge in [0.2, 0.25) is 0 Å². The summed E-state index contributed by atoms with van der Waals surface area (Å²) in [4.78, 5) is 14.4. The third-order valence-electron chi connectivity index (χ3n) is 3.98. The number of ether oxygens (including phenoxy) is 1. The van der Waals surface area contributed by atoms with Gasteiger partial charge in [-0.15, -0.1) is 0 Å². The van der Waals surface area contributed by atoms with Crippen LogP contribution in [0.4, 0.5) is 0 Å². The minimum absolute atomic E-state index is 0.0750. The van der Waals surface area contributed by atoms with Crippen LogP contribution in [0.5, 0.6) is 5.75 Å². The number of benzene rings is 2. The monoisotopic (exact) mass is 293 g/mol. The number of carbonyl (C=O) groups excluding carboxylic acids is 1. The number of amides is 1. The van der Waals surface area contributed by atoms with E-state index in [0.29, 0.717) is 12.1 Å². The van der Waals surface area contributed by atoms with Crippen LogP contribution in [0.3, 0.4) is 0 Å². The highest BCUT2D eigenvalue weighted by Crippen LogP contribution is 2.23. The number of hydrogen-bond donors (Lipinski definition) is 0. The van der Waals surface area contributed by atoms with Crippen LogP contribution >= 0.6 is 0 Å². The molecule has 0 unspecified atom stereocenters. The molecule has 0 atom stereocenters. The summed E-state index contributed by atoms with van der Waals surface area (Å²) in [6, 6.07) is 17.6. The van der Waals surface area contributed by atoms with E-state index in [-0.39, 0.29) is 5.91 Å². The summed E-state index contributed by atoms with van der Waals surface area (Å²) in [5, 5.41) is 0. The molecule has 3 rings (SSSR count). The van der Waals surface area contributed by atoms with Crippen molar-refractivity contribution in [3.05, 3.63) is 71.8 Å². The molecule has 0 fully saturated rings. The summed E-state index contributed by atoms with van der Waals surface area (Å²) in [5.74, 6) is 0.840. The van der Waals surface area contributed by atoms with Crippen LogP contribution < -0.4 is 4.74 Å². The van der Waals surface area contributed by atoms with Gasteiger partial charge in [-0.1, -0.05) is 36.4 Å². The maximum Gasteiger partial charge on any atom is 0.254 e. The third kappa shape index (κ3) is 3.03. The van der Waals surface area contributed by atoms with Crippen molar-refractivity contribution in [2.45, 2.75) is 6.42 Å². The van der Waals surface area contributed by atoms with Crippen LogP contribution in [0, 0.1) is 0 Å². The molecule has 0 spiro atoms. The Bertz CT molecular complexity index is 674. The average Bonchev–Trinajstić information content (AvgIpc) is 2.62. The maximum absolute atomic E-state index is 12.5. The lowest BCUT2D eigenvalue weighted by Gasteiger charge is -2.26. The first kappa shape index (κ1) is 14.4. The molecule has 1 heterocycles. The van der Waals surface area contributed by atoms with E-state index in [1.54, 1.807) is 7.11 Å². The Kier molecular flexibility index (Phi) is 4.24. The zero-order valence-electron chi connectivity index (χ0n) is 12.7. The van der Waals surface area contributed by atoms with Crippen molar-refractivity contribution in [1.29, 1.82) is 0 Å². The Morgan fingerprint density at radius 2 is 1.77 bits per heavy atom. The molecule has 3 heteroatoms. The number of methoxy groups -OCH3 is 1. The number of carbonyl (C=O) groups is 1. The van der Waals surface area contributed by atoms with Crippen molar-refractivity contribution in [3.63, 3.8) is 0 Å². The Morgan fingerprint density at radius 3 is 2.36 bits per heavy atom. The predicted octanol–water partition coefficient (Wildman–Crippen LogP) is 3.62. The van der Waals surface area contributed by atoms with E-state index in [9.17, 15) is 4.79 Å². The molecule has 1 aliphatic heterocycles. The van der Waals surface area contributed by atoms with Crippen LogP contribution in [-0.2, 0) is 0 Å². The highest BCUT2D eigenvalue weighted by Gasteiger charge is 2.19. The molecule has 0 aliphatic carbocycles. The van der Waals surface area contributed by atoms with Gasteiger partial charge in [-0.05, 0) is 41.8 Å². The average molecular weight is 293 g/mol. The highest BCUT2D eigenvalue weighted by atomic mass is 16.5. The Balaban J connectivity index is 1.70. The molecular weight excluding hydrogens is 274 g/mol. The summed E-state index contributed by atoms with van der Waals surface area (Å²) in [6.45, 7) is 1.42. The minimum atomic E-state index is 0.0750. The molecule has 1 amide bonds. The molecule has 1 aliphatic rings. The topological polar surface area (TPSA) is 29.5 Å². The first-order valence-corrected chi connectivity index (χ1v) is 7.46. The second-order valence-electron chi connectivity index (χ2n) is 5.33. The van der Waals surface area contributed by atoms with Crippen molar-refractivity contribution >= 4 is 11.5 Å². The lowest BCUT2D eigenvalue weighted by atomic mass is 9.99. The van der Waals surface area contributed by atoms with Gasteiger partial charge < -0.3 is 9.64 Å². The van der Waals surface area contributed by atoms with Crippen molar-refractivity contribution in [2.24, 2.45) is 0 Å². The summed E-state index contributed by atoms with van der Waals surface area (Å²) >= 11 is 0. The molecule has 22 heavy (non-hydrogen) atoms. The summed E-state index contributed by atoms with van der Waals surface area (Å²) in [7, 11) is 1.62. The van der Waals surface area contributed by atoms with Crippen LogP contribution in [0.1, 0.15) is 22.3 Å². The van der Waals surface area contributed by atoms with Gasteiger partial charge in [-0.25, -0.2) is 0 Å². The van der Waals surface area contributed by atoms with E-state index in [2.05, 4.69) is 18.2 Å². The molecule has 0 aromatic heterocycles. The van der Waals surface area contributed by atoms with Gasteiger partial charge in [0.1, 0.15) is 5.75 Å². The molecule has 0 bridgehead atoms. The lowest BCUT2D eigenvalue weighted by molar-refractivity contribution is 0.0773. The first-order chi connectivity index (χ1) is 10.8. The van der Waals surface area contributed by atoms with Crippen LogP contribution in [-0.4, -0.2) is 31.0 Å². The smallest absolute Gasteiger partial charge is 0.254 e. The minimum Gasteiger partial charge on any atom is -0.497 e. The van der Waals surface area contributed by atoms with E-state index < -0.39 is 0 Å². The lowest BCUT2D eigenvalue weighted by Crippen LogP contribution is -2.34. The molecule has 0 N–H and O–H groups in total. The standard InChI is InChI=1S/C19H19NO2/c1-22-18-9-7-17(8-10-18)19(21)20-13-11-16(12-14-20)15-5-3-2-4-6-15/h2-11H,12-14H2,1H3. The second kappa shape index (κ2) is 6.48. The molecule has 2 aromatic rings. The van der Waals surface area contributed by atoms with Gasteiger partial charge in [0.25, 0.3) is 5.91 Å². The molecule has 3 nitrogen and oxygen atoms in total. The van der Waals surface area contributed by atoms with Crippen LogP contribution in [0.2, 0.25) is 0 Å². The second-order valence-corrected chi connectivity index (χ2v) is 5.33. The molecule has 112 valence electrons. The summed E-state index contributed by atoms with van der Waals surface area (Å²) < 4.78 is 5.12. The maximum atomic E-state index is 12.5. The van der Waals surface area contributed by atoms with Gasteiger partial charge in [-0.3, -0.25) is 4.79 Å². The van der Waals surface area contributed by atoms with Gasteiger partial charge in [0.15, 0.2) is 0 Å². The molecule has 0 saturated carbocycles. The Hall–Kier alpha value is -2.55. The van der Waals surface area contributed by atoms with Gasteiger partial charge in [-0.2, -0.15) is 0 Å². The summed E-state index contributed by atoms with van der Waals surface area (Å²) in [6.07, 6.45) is 3.05. The zero-order chi connectivity index (χ0) is 15.4. The first-order valence-electron chi connectivity index (χ1n) is 7.46. The third-order valence-corrected chi connectivity index (χ3v) is 3.98. The normalized spacial score (nSPS) is 14.4. The van der Waals surface area contributed by atoms with Crippen molar-refractivity contribution in [1.82, 2.24) is 4.90 Å². The largest absolute Gasteiger partial charge is 0.497 e. The van der Waals surface area contributed by atoms with Gasteiger partial charge in [0.05, 0.1) is 7.11 Å². The predicted molar refractivity (Wildman–Crippen MR) is 87.9 cm³/mol. The van der Waals surface area contributed by atoms with Crippen LogP contribution in [0.25, 0.3) is 5.57 Å². The zero-order valence-corrected chi connectivity index (χ0v) is 12.7. The number of nitrogens with zero attached hydrogens (tertiary/aromatic N) is 1. The fourth-order valence-electron chi connectivity index (χ4n) is 2.68. The van der Waals surface area contributed by atoms with Crippen molar-refractivity contribution in [2.75, 3.05) is 20.2 Å². The molecular formula is C19H19NO2. The van der Waals surface area contributed by atoms with E-state index >= 15 is 0 Å². The van der Waals surface area contributed by atoms with E-state index in [1.807, 2.05) is 47.4 Å². The Labute approximate surface area is 130 Å². The quantitative estimate of drug-likeness (QED) is 0.865. The molecule has 0 saturated heterocycles. The summed E-state index contributed by atoms with van der Waals surface area (Å²) in [5.41, 5.74) is 3.27. The van der Waals surface area contributed by atoms with E-state index in [4.69, 9.17) is 4.74 Å². The highest BCUT2D eigenvalue weighted by molar-refractivity contribution is 5.95. The van der Waals surface area contributed by atoms with Gasteiger partial charge in [0, 0.05) is 18.7 Å². The fraction of sp³-hybridized carbons (Fsp3) is 0.211. The Morgan fingerprint density at radius 1 is 1.05 bits per heavy atom. The van der Waals surface area contributed by atoms with E-state index in [0.717, 1.165) is 18.7 Å². The van der Waals surface area contributed by atoms with E-state index in [1.165, 1.54) is 11.1 Å². The molecule has 2 aromatic carbocycles. The van der Waals surface area contributed by atoms with Crippen molar-refractivity contribution < 1.29 is 9.53 Å².